The van der Waals surface area contributed by atoms with Crippen molar-refractivity contribution in [2.45, 2.75) is 75.3 Å². The molecule has 3 aromatic rings. The van der Waals surface area contributed by atoms with Gasteiger partial charge in [0.25, 0.3) is 0 Å². The number of ether oxygens (including phenoxy) is 1. The largest absolute Gasteiger partial charge is 0.474 e. The zero-order valence-corrected chi connectivity index (χ0v) is 18.1. The lowest BCUT2D eigenvalue weighted by Crippen LogP contribution is -2.47. The van der Waals surface area contributed by atoms with Crippen LogP contribution in [-0.4, -0.2) is 47.4 Å². The lowest BCUT2D eigenvalue weighted by Gasteiger charge is -2.40. The van der Waals surface area contributed by atoms with Gasteiger partial charge in [-0.15, -0.1) is 10.2 Å². The minimum Gasteiger partial charge on any atom is -0.474 e. The Morgan fingerprint density at radius 1 is 1.21 bits per heavy atom. The van der Waals surface area contributed by atoms with E-state index in [2.05, 4.69) is 25.5 Å². The minimum atomic E-state index is -4.63. The number of nitrogens with zero attached hydrogens (tertiary/aromatic N) is 5. The van der Waals surface area contributed by atoms with Gasteiger partial charge < -0.3 is 15.2 Å². The van der Waals surface area contributed by atoms with Gasteiger partial charge in [0.2, 0.25) is 11.8 Å². The van der Waals surface area contributed by atoms with Crippen LogP contribution in [0, 0.1) is 0 Å². The van der Waals surface area contributed by atoms with Gasteiger partial charge in [-0.3, -0.25) is 4.40 Å². The number of aliphatic hydroxyl groups is 1. The number of hydrogen-bond donors (Lipinski definition) is 2. The molecule has 3 aromatic heterocycles. The fourth-order valence-corrected chi connectivity index (χ4v) is 4.76. The van der Waals surface area contributed by atoms with Crippen LogP contribution in [0.5, 0.6) is 5.88 Å². The smallest absolute Gasteiger partial charge is 0.423 e. The summed E-state index contributed by atoms with van der Waals surface area (Å²) in [6.07, 6.45) is 1.54. The molecule has 0 spiro atoms. The molecule has 0 saturated heterocycles. The SMILES string of the molecule is CC1(O)CC(Oc2nc(N[C@@H]3CCC[C@H](c4nnc5ccccn45)C3)ncc2C(F)(F)F)C1. The van der Waals surface area contributed by atoms with Gasteiger partial charge in [-0.05, 0) is 38.3 Å². The van der Waals surface area contributed by atoms with Crippen LogP contribution >= 0.6 is 0 Å². The molecule has 176 valence electrons. The Hall–Kier alpha value is -2.95. The highest BCUT2D eigenvalue weighted by Crippen LogP contribution is 2.40. The summed E-state index contributed by atoms with van der Waals surface area (Å²) in [5, 5.41) is 21.6. The van der Waals surface area contributed by atoms with Crippen molar-refractivity contribution in [3.63, 3.8) is 0 Å². The van der Waals surface area contributed by atoms with Gasteiger partial charge in [-0.25, -0.2) is 4.98 Å². The second-order valence-electron chi connectivity index (χ2n) is 9.25. The Balaban J connectivity index is 1.32. The molecule has 11 heteroatoms. The van der Waals surface area contributed by atoms with Crippen LogP contribution in [0.3, 0.4) is 0 Å². The maximum absolute atomic E-state index is 13.5. The van der Waals surface area contributed by atoms with Crippen molar-refractivity contribution in [1.29, 1.82) is 0 Å². The third-order valence-corrected chi connectivity index (χ3v) is 6.39. The molecule has 0 aliphatic heterocycles. The molecule has 8 nitrogen and oxygen atoms in total. The van der Waals surface area contributed by atoms with Gasteiger partial charge in [-0.1, -0.05) is 12.5 Å². The Kier molecular flexibility index (Phi) is 5.38. The van der Waals surface area contributed by atoms with E-state index >= 15 is 0 Å². The quantitative estimate of drug-likeness (QED) is 0.592. The first kappa shape index (κ1) is 21.9. The average molecular weight is 462 g/mol. The highest BCUT2D eigenvalue weighted by Gasteiger charge is 2.43. The lowest BCUT2D eigenvalue weighted by atomic mass is 9.79. The third kappa shape index (κ3) is 4.59. The molecule has 2 N–H and O–H groups in total. The number of aromatic nitrogens is 5. The van der Waals surface area contributed by atoms with Gasteiger partial charge in [0.1, 0.15) is 17.5 Å². The Labute approximate surface area is 188 Å². The number of fused-ring (bicyclic) bond motifs is 1. The Morgan fingerprint density at radius 3 is 2.79 bits per heavy atom. The fourth-order valence-electron chi connectivity index (χ4n) is 4.76. The zero-order chi connectivity index (χ0) is 23.2. The second kappa shape index (κ2) is 8.12. The van der Waals surface area contributed by atoms with Crippen LogP contribution < -0.4 is 10.1 Å². The first-order chi connectivity index (χ1) is 15.7. The third-order valence-electron chi connectivity index (χ3n) is 6.39. The zero-order valence-electron chi connectivity index (χ0n) is 18.1. The summed E-state index contributed by atoms with van der Waals surface area (Å²) in [6, 6.07) is 5.71. The topological polar surface area (TPSA) is 97.5 Å². The van der Waals surface area contributed by atoms with E-state index in [1.807, 2.05) is 28.8 Å². The first-order valence-electron chi connectivity index (χ1n) is 11.1. The van der Waals surface area contributed by atoms with E-state index in [1.165, 1.54) is 0 Å². The minimum absolute atomic E-state index is 0.0196. The van der Waals surface area contributed by atoms with Gasteiger partial charge in [-0.2, -0.15) is 18.2 Å². The Morgan fingerprint density at radius 2 is 2.03 bits per heavy atom. The normalized spacial score (nSPS) is 27.8. The number of rotatable bonds is 5. The molecular weight excluding hydrogens is 437 g/mol. The number of pyridine rings is 1. The van der Waals surface area contributed by atoms with Crippen LogP contribution in [0.4, 0.5) is 19.1 Å². The van der Waals surface area contributed by atoms with E-state index < -0.39 is 29.3 Å². The Bertz CT molecular complexity index is 1140. The first-order valence-corrected chi connectivity index (χ1v) is 11.1. The number of nitrogens with one attached hydrogen (secondary N) is 1. The molecule has 0 aromatic carbocycles. The molecule has 2 fully saturated rings. The number of halogens is 3. The summed E-state index contributed by atoms with van der Waals surface area (Å²) in [4.78, 5) is 7.97. The second-order valence-corrected chi connectivity index (χ2v) is 9.25. The molecule has 2 aliphatic carbocycles. The number of anilines is 1. The van der Waals surface area contributed by atoms with Crippen LogP contribution in [0.15, 0.2) is 30.6 Å². The summed E-state index contributed by atoms with van der Waals surface area (Å²) < 4.78 is 47.8. The summed E-state index contributed by atoms with van der Waals surface area (Å²) in [6.45, 7) is 1.63. The van der Waals surface area contributed by atoms with Gasteiger partial charge in [0.05, 0.1) is 5.60 Å². The van der Waals surface area contributed by atoms with Crippen LogP contribution in [0.25, 0.3) is 5.65 Å². The maximum atomic E-state index is 13.5. The van der Waals surface area contributed by atoms with Gasteiger partial charge >= 0.3 is 6.18 Å². The highest BCUT2D eigenvalue weighted by molar-refractivity contribution is 5.38. The van der Waals surface area contributed by atoms with Crippen molar-refractivity contribution in [1.82, 2.24) is 24.6 Å². The van der Waals surface area contributed by atoms with E-state index in [9.17, 15) is 18.3 Å². The molecule has 0 unspecified atom stereocenters. The molecule has 0 bridgehead atoms. The molecule has 33 heavy (non-hydrogen) atoms. The molecular formula is C22H25F3N6O2. The van der Waals surface area contributed by atoms with Crippen LogP contribution in [0.2, 0.25) is 0 Å². The van der Waals surface area contributed by atoms with E-state index in [-0.39, 0.29) is 30.7 Å². The average Bonchev–Trinajstić information content (AvgIpc) is 3.16. The van der Waals surface area contributed by atoms with Crippen LogP contribution in [0.1, 0.15) is 62.8 Å². The van der Waals surface area contributed by atoms with Crippen molar-refractivity contribution >= 4 is 11.6 Å². The molecule has 0 amide bonds. The standard InChI is InChI=1S/C22H25F3N6O2/c1-21(32)10-15(11-21)33-19-16(22(23,24)25)12-26-20(28-19)27-14-6-4-5-13(9-14)18-30-29-17-7-2-3-8-31(17)18/h2-3,7-8,12-15,32H,4-6,9-11H2,1H3,(H,26,27,28)/t13-,14+,15?,21?/m0/s1. The molecule has 3 heterocycles. The highest BCUT2D eigenvalue weighted by atomic mass is 19.4. The summed E-state index contributed by atoms with van der Waals surface area (Å²) in [7, 11) is 0. The number of alkyl halides is 3. The monoisotopic (exact) mass is 462 g/mol. The molecule has 5 rings (SSSR count). The van der Waals surface area contributed by atoms with Gasteiger partial charge in [0, 0.05) is 37.2 Å². The fraction of sp³-hybridized carbons (Fsp3) is 0.545. The van der Waals surface area contributed by atoms with Crippen molar-refractivity contribution in [3.05, 3.63) is 42.0 Å². The predicted octanol–water partition coefficient (Wildman–Crippen LogP) is 3.97. The molecule has 2 saturated carbocycles. The molecule has 0 radical (unpaired) electrons. The van der Waals surface area contributed by atoms with E-state index in [4.69, 9.17) is 4.74 Å². The van der Waals surface area contributed by atoms with Crippen LogP contribution in [-0.2, 0) is 6.18 Å². The van der Waals surface area contributed by atoms with Crippen molar-refractivity contribution in [2.24, 2.45) is 0 Å². The predicted molar refractivity (Wildman–Crippen MR) is 113 cm³/mol. The summed E-state index contributed by atoms with van der Waals surface area (Å²) >= 11 is 0. The van der Waals surface area contributed by atoms with Crippen molar-refractivity contribution in [3.8, 4) is 5.88 Å². The lowest BCUT2D eigenvalue weighted by molar-refractivity contribution is -0.142. The van der Waals surface area contributed by atoms with E-state index in [0.29, 0.717) is 0 Å². The molecule has 2 aliphatic rings. The van der Waals surface area contributed by atoms with Gasteiger partial charge in [0.15, 0.2) is 5.65 Å². The van der Waals surface area contributed by atoms with E-state index in [0.717, 1.165) is 43.4 Å². The van der Waals surface area contributed by atoms with Crippen molar-refractivity contribution in [2.75, 3.05) is 5.32 Å². The summed E-state index contributed by atoms with van der Waals surface area (Å²) in [5.41, 5.74) is -1.15. The maximum Gasteiger partial charge on any atom is 0.423 e. The summed E-state index contributed by atoms with van der Waals surface area (Å²) in [5.74, 6) is 0.639. The van der Waals surface area contributed by atoms with Crippen molar-refractivity contribution < 1.29 is 23.0 Å². The molecule has 2 atom stereocenters. The van der Waals surface area contributed by atoms with E-state index in [1.54, 1.807) is 6.92 Å². The number of hydrogen-bond acceptors (Lipinski definition) is 7.